The van der Waals surface area contributed by atoms with Crippen molar-refractivity contribution in [2.24, 2.45) is 0 Å². The lowest BCUT2D eigenvalue weighted by Crippen LogP contribution is -2.31. The molecule has 0 atom stereocenters. The zero-order valence-electron chi connectivity index (χ0n) is 33.8. The normalized spacial score (nSPS) is 10.7. The summed E-state index contributed by atoms with van der Waals surface area (Å²) in [6.45, 7) is 5.70. The molecule has 0 saturated heterocycles. The van der Waals surface area contributed by atoms with E-state index in [2.05, 4.69) is 53.4 Å². The molecule has 0 unspecified atom stereocenters. The number of nitrogens with two attached hydrogens (primary N) is 2. The molecule has 0 aliphatic rings. The fourth-order valence-corrected chi connectivity index (χ4v) is 6.17. The molecule has 0 aliphatic heterocycles. The molecule has 6 aromatic carbocycles. The smallest absolute Gasteiger partial charge is 0.133 e. The number of methoxy groups -OCH3 is 2. The van der Waals surface area contributed by atoms with Gasteiger partial charge in [0.05, 0.1) is 39.6 Å². The quantitative estimate of drug-likeness (QED) is 0.0515. The summed E-state index contributed by atoms with van der Waals surface area (Å²) in [6.07, 6.45) is 1.42. The Morgan fingerprint density at radius 2 is 0.931 bits per heavy atom. The fraction of sp³-hybridized carbons (Fsp3) is 0.265. The first-order valence-electron chi connectivity index (χ1n) is 19.7. The van der Waals surface area contributed by atoms with Crippen molar-refractivity contribution < 1.29 is 28.4 Å². The van der Waals surface area contributed by atoms with Gasteiger partial charge in [0, 0.05) is 74.4 Å². The molecule has 0 heterocycles. The Morgan fingerprint density at radius 1 is 0.466 bits per heavy atom. The molecule has 58 heavy (non-hydrogen) atoms. The molecule has 0 radical (unpaired) electrons. The minimum atomic E-state index is 0.546. The van der Waals surface area contributed by atoms with E-state index in [0.29, 0.717) is 59.1 Å². The summed E-state index contributed by atoms with van der Waals surface area (Å²) in [6, 6.07) is 50.4. The van der Waals surface area contributed by atoms with E-state index in [-0.39, 0.29) is 0 Å². The van der Waals surface area contributed by atoms with Gasteiger partial charge >= 0.3 is 0 Å². The van der Waals surface area contributed by atoms with Gasteiger partial charge in [-0.25, -0.2) is 0 Å². The molecule has 9 nitrogen and oxygen atoms in total. The summed E-state index contributed by atoms with van der Waals surface area (Å²) >= 11 is 0. The number of hydrogen-bond donors (Lipinski definition) is 2. The molecule has 0 aliphatic carbocycles. The lowest BCUT2D eigenvalue weighted by atomic mass is 10.0. The van der Waals surface area contributed by atoms with Crippen LogP contribution in [0.15, 0.2) is 152 Å². The molecular weight excluding hydrogens is 727 g/mol. The van der Waals surface area contributed by atoms with Crippen molar-refractivity contribution >= 4 is 17.1 Å². The summed E-state index contributed by atoms with van der Waals surface area (Å²) in [5.41, 5.74) is 20.6. The molecule has 304 valence electrons. The molecule has 0 fully saturated rings. The van der Waals surface area contributed by atoms with Gasteiger partial charge in [-0.1, -0.05) is 109 Å². The molecule has 9 heteroatoms. The number of rotatable bonds is 22. The minimum Gasteiger partial charge on any atom is -0.489 e. The third-order valence-corrected chi connectivity index (χ3v) is 9.31. The zero-order valence-corrected chi connectivity index (χ0v) is 33.8. The van der Waals surface area contributed by atoms with E-state index in [9.17, 15) is 0 Å². The molecule has 0 amide bonds. The van der Waals surface area contributed by atoms with Gasteiger partial charge in [-0.15, -0.1) is 0 Å². The number of nitrogens with zero attached hydrogens (tertiary/aromatic N) is 1. The van der Waals surface area contributed by atoms with Crippen LogP contribution in [-0.4, -0.2) is 67.0 Å². The average Bonchev–Trinajstić information content (AvgIpc) is 3.26. The summed E-state index contributed by atoms with van der Waals surface area (Å²) in [5, 5.41) is 0. The van der Waals surface area contributed by atoms with Crippen LogP contribution in [0.3, 0.4) is 0 Å². The van der Waals surface area contributed by atoms with E-state index < -0.39 is 0 Å². The number of hydrogen-bond acceptors (Lipinski definition) is 9. The summed E-state index contributed by atoms with van der Waals surface area (Å²) in [4.78, 5) is 2.25. The zero-order chi connectivity index (χ0) is 40.6. The van der Waals surface area contributed by atoms with Crippen LogP contribution in [0.25, 0.3) is 0 Å². The molecule has 0 bridgehead atoms. The van der Waals surface area contributed by atoms with Gasteiger partial charge < -0.3 is 44.8 Å². The maximum atomic E-state index is 6.39. The second kappa shape index (κ2) is 24.7. The average molecular weight is 784 g/mol. The van der Waals surface area contributed by atoms with Crippen LogP contribution >= 0.6 is 0 Å². The Morgan fingerprint density at radius 3 is 1.41 bits per heavy atom. The van der Waals surface area contributed by atoms with Gasteiger partial charge in [0.25, 0.3) is 0 Å². The van der Waals surface area contributed by atoms with Crippen molar-refractivity contribution in [3.8, 4) is 17.2 Å². The van der Waals surface area contributed by atoms with Gasteiger partial charge in [-0.3, -0.25) is 0 Å². The highest BCUT2D eigenvalue weighted by molar-refractivity contribution is 5.60. The summed E-state index contributed by atoms with van der Waals surface area (Å²) in [7, 11) is 3.35. The number of anilines is 3. The van der Waals surface area contributed by atoms with Gasteiger partial charge in [-0.05, 0) is 53.1 Å². The van der Waals surface area contributed by atoms with E-state index in [4.69, 9.17) is 39.9 Å². The van der Waals surface area contributed by atoms with Crippen molar-refractivity contribution in [3.63, 3.8) is 0 Å². The Bertz CT molecular complexity index is 1930. The monoisotopic (exact) mass is 783 g/mol. The van der Waals surface area contributed by atoms with E-state index in [1.807, 2.05) is 103 Å². The highest BCUT2D eigenvalue weighted by Gasteiger charge is 2.14. The lowest BCUT2D eigenvalue weighted by Gasteiger charge is -2.25. The van der Waals surface area contributed by atoms with Crippen molar-refractivity contribution in [2.75, 3.05) is 83.3 Å². The number of ether oxygens (including phenoxy) is 6. The van der Waals surface area contributed by atoms with E-state index in [0.717, 1.165) is 64.1 Å². The maximum Gasteiger partial charge on any atom is 0.133 e. The van der Waals surface area contributed by atoms with Crippen LogP contribution in [0.4, 0.5) is 17.1 Å². The lowest BCUT2D eigenvalue weighted by molar-refractivity contribution is 0.0677. The molecular formula is C49H57N3O6. The van der Waals surface area contributed by atoms with Gasteiger partial charge in [0.15, 0.2) is 0 Å². The van der Waals surface area contributed by atoms with Crippen LogP contribution in [0.5, 0.6) is 17.2 Å². The summed E-state index contributed by atoms with van der Waals surface area (Å²) in [5.74, 6) is 2.36. The van der Waals surface area contributed by atoms with Gasteiger partial charge in [0.1, 0.15) is 23.9 Å². The first-order valence-corrected chi connectivity index (χ1v) is 19.7. The van der Waals surface area contributed by atoms with Crippen LogP contribution in [0, 0.1) is 0 Å². The highest BCUT2D eigenvalue weighted by Crippen LogP contribution is 2.35. The minimum absolute atomic E-state index is 0.546. The Kier molecular flexibility index (Phi) is 18.4. The van der Waals surface area contributed by atoms with Crippen molar-refractivity contribution in [1.29, 1.82) is 0 Å². The van der Waals surface area contributed by atoms with Crippen LogP contribution in [-0.2, 0) is 38.4 Å². The number of benzene rings is 6. The van der Waals surface area contributed by atoms with Crippen molar-refractivity contribution in [1.82, 2.24) is 0 Å². The van der Waals surface area contributed by atoms with Crippen molar-refractivity contribution in [3.05, 3.63) is 179 Å². The summed E-state index contributed by atoms with van der Waals surface area (Å²) < 4.78 is 33.7. The number of nitrogen functional groups attached to an aromatic ring is 2. The third-order valence-electron chi connectivity index (χ3n) is 9.31. The second-order valence-corrected chi connectivity index (χ2v) is 13.5. The maximum absolute atomic E-state index is 6.39. The Labute approximate surface area is 344 Å². The molecule has 6 rings (SSSR count). The predicted molar refractivity (Wildman–Crippen MR) is 235 cm³/mol. The third kappa shape index (κ3) is 14.6. The molecule has 6 aromatic rings. The topological polar surface area (TPSA) is 111 Å². The largest absolute Gasteiger partial charge is 0.489 e. The first kappa shape index (κ1) is 43.3. The van der Waals surface area contributed by atoms with Crippen LogP contribution in [0.2, 0.25) is 0 Å². The SMILES string of the molecule is COCCOCCN(CCOCCOC)c1cccc(OCc2ccccc2)c1.Nc1cccc(Oc2cccc(N)c2Cc2ccccc2)c1Cc1ccccc1. The van der Waals surface area contributed by atoms with Crippen LogP contribution < -0.4 is 25.8 Å². The Balaban J connectivity index is 0.000000221. The van der Waals surface area contributed by atoms with E-state index in [1.54, 1.807) is 14.2 Å². The van der Waals surface area contributed by atoms with Crippen molar-refractivity contribution in [2.45, 2.75) is 19.4 Å². The first-order chi connectivity index (χ1) is 28.5. The Hall–Kier alpha value is -5.84. The molecule has 0 spiro atoms. The van der Waals surface area contributed by atoms with E-state index in [1.165, 1.54) is 11.1 Å². The standard InChI is InChI=1S/C26H24N2O.C23H33NO5/c27-23-13-7-15-25(21(23)17-19-9-3-1-4-10-19)29-26-16-8-14-24(28)22(26)18-20-11-5-2-6-12-20;1-25-15-17-27-13-11-24(12-14-28-18-16-26-2)22-9-6-10-23(19-22)29-20-21-7-4-3-5-8-21/h1-16H,17-18,27-28H2;3-10,19H,11-18,20H2,1-2H3. The second-order valence-electron chi connectivity index (χ2n) is 13.5. The molecule has 0 aromatic heterocycles. The van der Waals surface area contributed by atoms with Gasteiger partial charge in [0.2, 0.25) is 0 Å². The van der Waals surface area contributed by atoms with Crippen LogP contribution in [0.1, 0.15) is 27.8 Å². The highest BCUT2D eigenvalue weighted by atomic mass is 16.5. The van der Waals surface area contributed by atoms with E-state index >= 15 is 0 Å². The molecule has 0 saturated carbocycles. The fourth-order valence-electron chi connectivity index (χ4n) is 6.17. The predicted octanol–water partition coefficient (Wildman–Crippen LogP) is 9.22. The van der Waals surface area contributed by atoms with Gasteiger partial charge in [-0.2, -0.15) is 0 Å². The molecule has 4 N–H and O–H groups in total.